The maximum Gasteiger partial charge on any atom is 0.165 e. The first-order valence-corrected chi connectivity index (χ1v) is 7.82. The third-order valence-corrected chi connectivity index (χ3v) is 4.21. The number of nitrogens with zero attached hydrogens (tertiary/aromatic N) is 1. The second-order valence-corrected chi connectivity index (χ2v) is 5.80. The van der Waals surface area contributed by atoms with Gasteiger partial charge in [0, 0.05) is 34.6 Å². The second kappa shape index (κ2) is 5.94. The molecule has 0 aliphatic rings. The summed E-state index contributed by atoms with van der Waals surface area (Å²) in [5, 5.41) is 0.921. The van der Waals surface area contributed by atoms with Crippen LogP contribution in [0.3, 0.4) is 0 Å². The monoisotopic (exact) mass is 333 g/mol. The van der Waals surface area contributed by atoms with Crippen LogP contribution < -0.4 is 10.5 Å². The van der Waals surface area contributed by atoms with E-state index in [-0.39, 0.29) is 5.75 Å². The molecule has 5 heteroatoms. The van der Waals surface area contributed by atoms with Gasteiger partial charge in [-0.05, 0) is 41.5 Å². The number of methoxy groups -OCH3 is 1. The van der Waals surface area contributed by atoms with E-state index in [2.05, 4.69) is 9.97 Å². The zero-order valence-corrected chi connectivity index (χ0v) is 13.6. The number of benzene rings is 2. The maximum atomic E-state index is 14.1. The number of H-pyrrole nitrogens is 1. The topological polar surface area (TPSA) is 63.9 Å². The molecule has 0 aliphatic carbocycles. The molecule has 2 aromatic heterocycles. The molecule has 4 nitrogen and oxygen atoms in total. The molecule has 0 amide bonds. The molecule has 124 valence electrons. The first kappa shape index (κ1) is 15.2. The standard InChI is InChI=1S/C20H16FN3O/c1-25-19-6-5-13(9-18(19)21)17-11-24-20-16(17)8-14(10-23-20)12-3-2-4-15(22)7-12/h2-11H,22H2,1H3,(H,23,24). The van der Waals surface area contributed by atoms with E-state index in [9.17, 15) is 4.39 Å². The van der Waals surface area contributed by atoms with E-state index in [1.807, 2.05) is 42.6 Å². The van der Waals surface area contributed by atoms with Gasteiger partial charge in [-0.1, -0.05) is 18.2 Å². The molecule has 0 aliphatic heterocycles. The lowest BCUT2D eigenvalue weighted by atomic mass is 10.0. The Morgan fingerprint density at radius 3 is 2.68 bits per heavy atom. The Balaban J connectivity index is 1.85. The van der Waals surface area contributed by atoms with Crippen molar-refractivity contribution in [1.82, 2.24) is 9.97 Å². The van der Waals surface area contributed by atoms with Crippen molar-refractivity contribution in [2.45, 2.75) is 0 Å². The van der Waals surface area contributed by atoms with Crippen molar-refractivity contribution in [3.8, 4) is 28.0 Å². The van der Waals surface area contributed by atoms with Crippen LogP contribution in [-0.4, -0.2) is 17.1 Å². The molecule has 4 aromatic rings. The van der Waals surface area contributed by atoms with Gasteiger partial charge in [0.25, 0.3) is 0 Å². The minimum absolute atomic E-state index is 0.224. The summed E-state index contributed by atoms with van der Waals surface area (Å²) in [6.07, 6.45) is 3.63. The molecular formula is C20H16FN3O. The molecule has 0 spiro atoms. The molecular weight excluding hydrogens is 317 g/mol. The summed E-state index contributed by atoms with van der Waals surface area (Å²) in [6, 6.07) is 14.6. The molecule has 0 fully saturated rings. The van der Waals surface area contributed by atoms with Crippen molar-refractivity contribution in [3.05, 3.63) is 66.7 Å². The van der Waals surface area contributed by atoms with Crippen molar-refractivity contribution in [2.24, 2.45) is 0 Å². The number of aromatic nitrogens is 2. The number of rotatable bonds is 3. The molecule has 0 bridgehead atoms. The van der Waals surface area contributed by atoms with Gasteiger partial charge in [0.2, 0.25) is 0 Å². The fraction of sp³-hybridized carbons (Fsp3) is 0.0500. The fourth-order valence-corrected chi connectivity index (χ4v) is 2.95. The maximum absolute atomic E-state index is 14.1. The van der Waals surface area contributed by atoms with Crippen LogP contribution in [0.2, 0.25) is 0 Å². The number of pyridine rings is 1. The molecule has 2 heterocycles. The molecule has 0 atom stereocenters. The van der Waals surface area contributed by atoms with Gasteiger partial charge in [-0.2, -0.15) is 0 Å². The summed E-state index contributed by atoms with van der Waals surface area (Å²) in [5.74, 6) is -0.170. The summed E-state index contributed by atoms with van der Waals surface area (Å²) < 4.78 is 19.1. The van der Waals surface area contributed by atoms with E-state index < -0.39 is 5.82 Å². The van der Waals surface area contributed by atoms with E-state index in [1.165, 1.54) is 13.2 Å². The van der Waals surface area contributed by atoms with Gasteiger partial charge in [-0.3, -0.25) is 0 Å². The van der Waals surface area contributed by atoms with E-state index in [0.29, 0.717) is 5.69 Å². The number of ether oxygens (including phenoxy) is 1. The van der Waals surface area contributed by atoms with Gasteiger partial charge in [-0.15, -0.1) is 0 Å². The van der Waals surface area contributed by atoms with Gasteiger partial charge in [-0.25, -0.2) is 9.37 Å². The van der Waals surface area contributed by atoms with E-state index >= 15 is 0 Å². The Bertz CT molecular complexity index is 1070. The molecule has 0 saturated carbocycles. The Morgan fingerprint density at radius 1 is 1.04 bits per heavy atom. The predicted molar refractivity (Wildman–Crippen MR) is 97.9 cm³/mol. The SMILES string of the molecule is COc1ccc(-c2c[nH]c3ncc(-c4cccc(N)c4)cc23)cc1F. The van der Waals surface area contributed by atoms with Crippen LogP contribution in [0.5, 0.6) is 5.75 Å². The molecule has 0 saturated heterocycles. The molecule has 0 unspecified atom stereocenters. The quantitative estimate of drug-likeness (QED) is 0.537. The van der Waals surface area contributed by atoms with E-state index in [4.69, 9.17) is 10.5 Å². The average molecular weight is 333 g/mol. The van der Waals surface area contributed by atoms with E-state index in [1.54, 1.807) is 12.3 Å². The molecule has 0 radical (unpaired) electrons. The van der Waals surface area contributed by atoms with Crippen LogP contribution in [-0.2, 0) is 0 Å². The number of aromatic amines is 1. The highest BCUT2D eigenvalue weighted by Crippen LogP contribution is 2.33. The number of hydrogen-bond donors (Lipinski definition) is 2. The van der Waals surface area contributed by atoms with Gasteiger partial charge < -0.3 is 15.5 Å². The largest absolute Gasteiger partial charge is 0.494 e. The van der Waals surface area contributed by atoms with Gasteiger partial charge in [0.1, 0.15) is 5.65 Å². The Hall–Kier alpha value is -3.34. The number of halogens is 1. The summed E-state index contributed by atoms with van der Waals surface area (Å²) in [5.41, 5.74) is 10.9. The average Bonchev–Trinajstić information content (AvgIpc) is 3.04. The van der Waals surface area contributed by atoms with Crippen LogP contribution in [0.1, 0.15) is 0 Å². The van der Waals surface area contributed by atoms with Crippen LogP contribution in [0.4, 0.5) is 10.1 Å². The lowest BCUT2D eigenvalue weighted by Crippen LogP contribution is -1.89. The zero-order valence-electron chi connectivity index (χ0n) is 13.6. The van der Waals surface area contributed by atoms with Crippen LogP contribution in [0.25, 0.3) is 33.3 Å². The molecule has 25 heavy (non-hydrogen) atoms. The minimum atomic E-state index is -0.394. The van der Waals surface area contributed by atoms with Crippen molar-refractivity contribution in [2.75, 3.05) is 12.8 Å². The molecule has 4 rings (SSSR count). The highest BCUT2D eigenvalue weighted by molar-refractivity contribution is 5.96. The summed E-state index contributed by atoms with van der Waals surface area (Å²) in [7, 11) is 1.45. The van der Waals surface area contributed by atoms with Crippen LogP contribution in [0.15, 0.2) is 60.9 Å². The number of anilines is 1. The highest BCUT2D eigenvalue weighted by atomic mass is 19.1. The van der Waals surface area contributed by atoms with Gasteiger partial charge >= 0.3 is 0 Å². The van der Waals surface area contributed by atoms with Gasteiger partial charge in [0.15, 0.2) is 11.6 Å². The number of fused-ring (bicyclic) bond motifs is 1. The lowest BCUT2D eigenvalue weighted by molar-refractivity contribution is 0.386. The Morgan fingerprint density at radius 2 is 1.92 bits per heavy atom. The van der Waals surface area contributed by atoms with Crippen molar-refractivity contribution < 1.29 is 9.13 Å². The van der Waals surface area contributed by atoms with Crippen LogP contribution in [0, 0.1) is 5.82 Å². The molecule has 2 aromatic carbocycles. The van der Waals surface area contributed by atoms with Crippen molar-refractivity contribution in [3.63, 3.8) is 0 Å². The highest BCUT2D eigenvalue weighted by Gasteiger charge is 2.11. The van der Waals surface area contributed by atoms with Crippen molar-refractivity contribution >= 4 is 16.7 Å². The Kier molecular flexibility index (Phi) is 3.61. The zero-order chi connectivity index (χ0) is 17.4. The van der Waals surface area contributed by atoms with Gasteiger partial charge in [0.05, 0.1) is 7.11 Å². The lowest BCUT2D eigenvalue weighted by Gasteiger charge is -2.06. The van der Waals surface area contributed by atoms with Crippen LogP contribution >= 0.6 is 0 Å². The third-order valence-electron chi connectivity index (χ3n) is 4.21. The third kappa shape index (κ3) is 2.70. The smallest absolute Gasteiger partial charge is 0.165 e. The van der Waals surface area contributed by atoms with Crippen molar-refractivity contribution in [1.29, 1.82) is 0 Å². The summed E-state index contributed by atoms with van der Waals surface area (Å²) >= 11 is 0. The number of hydrogen-bond acceptors (Lipinski definition) is 3. The first-order chi connectivity index (χ1) is 12.2. The first-order valence-electron chi connectivity index (χ1n) is 7.82. The summed E-state index contributed by atoms with van der Waals surface area (Å²) in [4.78, 5) is 7.61. The Labute approximate surface area is 144 Å². The number of nitrogens with one attached hydrogen (secondary N) is 1. The number of nitrogens with two attached hydrogens (primary N) is 1. The van der Waals surface area contributed by atoms with E-state index in [0.717, 1.165) is 33.3 Å². The minimum Gasteiger partial charge on any atom is -0.494 e. The number of nitrogen functional groups attached to an aromatic ring is 1. The molecule has 3 N–H and O–H groups in total. The predicted octanol–water partition coefficient (Wildman–Crippen LogP) is 4.63. The summed E-state index contributed by atoms with van der Waals surface area (Å²) in [6.45, 7) is 0. The second-order valence-electron chi connectivity index (χ2n) is 5.80. The fourth-order valence-electron chi connectivity index (χ4n) is 2.95. The normalized spacial score (nSPS) is 11.0.